The molecule has 1 unspecified atom stereocenters. The molecule has 2 amide bonds. The Hall–Kier alpha value is -1.94. The van der Waals surface area contributed by atoms with Gasteiger partial charge in [-0.05, 0) is 32.4 Å². The number of carbonyl (C=O) groups is 2. The molecule has 1 heterocycles. The fraction of sp³-hybridized carbons (Fsp3) is 0.556. The third-order valence-corrected chi connectivity index (χ3v) is 5.94. The first kappa shape index (κ1) is 22.4. The maximum atomic E-state index is 12.6. The summed E-state index contributed by atoms with van der Waals surface area (Å²) in [5.74, 6) is 1.71. The molecule has 0 radical (unpaired) electrons. The number of nitrogens with zero attached hydrogens (tertiary/aromatic N) is 2. The number of thioether (sulfide) groups is 2. The molecule has 154 valence electrons. The molecule has 1 aliphatic rings. The van der Waals surface area contributed by atoms with Gasteiger partial charge in [0.05, 0.1) is 23.7 Å². The topological polar surface area (TPSA) is 102 Å². The molecule has 1 atom stereocenters. The van der Waals surface area contributed by atoms with E-state index >= 15 is 0 Å². The van der Waals surface area contributed by atoms with Crippen molar-refractivity contribution in [3.63, 3.8) is 0 Å². The van der Waals surface area contributed by atoms with Gasteiger partial charge in [-0.2, -0.15) is 0 Å². The average Bonchev–Trinajstić information content (AvgIpc) is 3.10. The van der Waals surface area contributed by atoms with Gasteiger partial charge in [-0.3, -0.25) is 19.7 Å². The first-order chi connectivity index (χ1) is 13.1. The zero-order chi connectivity index (χ0) is 20.9. The smallest absolute Gasteiger partial charge is 0.311 e. The number of benzene rings is 1. The SMILES string of the molecule is COc1ccc(CSCC(=O)N2CSCC2C(=O)NC(C)(C)C)cc1[N+](=O)[O-]. The van der Waals surface area contributed by atoms with E-state index in [1.54, 1.807) is 28.8 Å². The summed E-state index contributed by atoms with van der Waals surface area (Å²) in [7, 11) is 1.38. The minimum atomic E-state index is -0.488. The number of rotatable bonds is 7. The van der Waals surface area contributed by atoms with E-state index in [2.05, 4.69) is 5.32 Å². The van der Waals surface area contributed by atoms with Gasteiger partial charge in [0.25, 0.3) is 0 Å². The number of hydrogen-bond donors (Lipinski definition) is 1. The predicted octanol–water partition coefficient (Wildman–Crippen LogP) is 2.65. The first-order valence-corrected chi connectivity index (χ1v) is 11.0. The lowest BCUT2D eigenvalue weighted by Gasteiger charge is -2.27. The molecule has 10 heteroatoms. The van der Waals surface area contributed by atoms with Crippen molar-refractivity contribution in [1.82, 2.24) is 10.2 Å². The second kappa shape index (κ2) is 9.51. The lowest BCUT2D eigenvalue weighted by molar-refractivity contribution is -0.385. The third-order valence-electron chi connectivity index (χ3n) is 3.94. The fourth-order valence-electron chi connectivity index (χ4n) is 2.67. The van der Waals surface area contributed by atoms with E-state index in [9.17, 15) is 19.7 Å². The van der Waals surface area contributed by atoms with Gasteiger partial charge in [-0.15, -0.1) is 23.5 Å². The zero-order valence-corrected chi connectivity index (χ0v) is 18.0. The average molecular weight is 428 g/mol. The lowest BCUT2D eigenvalue weighted by atomic mass is 10.1. The van der Waals surface area contributed by atoms with Crippen molar-refractivity contribution in [3.8, 4) is 5.75 Å². The molecule has 1 saturated heterocycles. The summed E-state index contributed by atoms with van der Waals surface area (Å²) in [4.78, 5) is 37.2. The summed E-state index contributed by atoms with van der Waals surface area (Å²) in [6.45, 7) is 5.72. The van der Waals surface area contributed by atoms with Gasteiger partial charge in [-0.25, -0.2) is 0 Å². The van der Waals surface area contributed by atoms with Crippen LogP contribution in [0.5, 0.6) is 5.75 Å². The van der Waals surface area contributed by atoms with Gasteiger partial charge in [0.1, 0.15) is 6.04 Å². The maximum Gasteiger partial charge on any atom is 0.311 e. The lowest BCUT2D eigenvalue weighted by Crippen LogP contribution is -2.52. The molecule has 1 aliphatic heterocycles. The van der Waals surface area contributed by atoms with Gasteiger partial charge < -0.3 is 15.0 Å². The Morgan fingerprint density at radius 3 is 2.75 bits per heavy atom. The van der Waals surface area contributed by atoms with Crippen molar-refractivity contribution >= 4 is 41.0 Å². The minimum absolute atomic E-state index is 0.0956. The highest BCUT2D eigenvalue weighted by Crippen LogP contribution is 2.29. The molecule has 0 spiro atoms. The molecular weight excluding hydrogens is 402 g/mol. The molecule has 0 aliphatic carbocycles. The van der Waals surface area contributed by atoms with Gasteiger partial charge in [0.2, 0.25) is 11.8 Å². The summed E-state index contributed by atoms with van der Waals surface area (Å²) in [6, 6.07) is 4.30. The highest BCUT2D eigenvalue weighted by molar-refractivity contribution is 7.99. The summed E-state index contributed by atoms with van der Waals surface area (Å²) in [6.07, 6.45) is 0. The van der Waals surface area contributed by atoms with Crippen LogP contribution in [-0.4, -0.2) is 57.7 Å². The number of amides is 2. The van der Waals surface area contributed by atoms with Gasteiger partial charge in [0.15, 0.2) is 5.75 Å². The van der Waals surface area contributed by atoms with Crippen LogP contribution in [0.15, 0.2) is 18.2 Å². The fourth-order valence-corrected chi connectivity index (χ4v) is 4.70. The van der Waals surface area contributed by atoms with Crippen molar-refractivity contribution in [2.24, 2.45) is 0 Å². The third kappa shape index (κ3) is 6.03. The molecule has 1 aromatic carbocycles. The Morgan fingerprint density at radius 2 is 2.14 bits per heavy atom. The second-order valence-corrected chi connectivity index (χ2v) is 9.36. The van der Waals surface area contributed by atoms with Crippen LogP contribution < -0.4 is 10.1 Å². The predicted molar refractivity (Wildman–Crippen MR) is 112 cm³/mol. The molecule has 0 aromatic heterocycles. The Bertz CT molecular complexity index is 751. The van der Waals surface area contributed by atoms with Crippen LogP contribution >= 0.6 is 23.5 Å². The summed E-state index contributed by atoms with van der Waals surface area (Å²) in [5, 5.41) is 14.0. The summed E-state index contributed by atoms with van der Waals surface area (Å²) < 4.78 is 4.99. The van der Waals surface area contributed by atoms with Gasteiger partial charge in [0, 0.05) is 23.1 Å². The molecule has 1 fully saturated rings. The van der Waals surface area contributed by atoms with Crippen LogP contribution in [0.2, 0.25) is 0 Å². The molecule has 0 saturated carbocycles. The molecule has 0 bridgehead atoms. The van der Waals surface area contributed by atoms with Crippen LogP contribution in [0.3, 0.4) is 0 Å². The van der Waals surface area contributed by atoms with Crippen molar-refractivity contribution in [2.45, 2.75) is 38.1 Å². The van der Waals surface area contributed by atoms with Crippen LogP contribution in [0, 0.1) is 10.1 Å². The van der Waals surface area contributed by atoms with E-state index in [0.29, 0.717) is 17.4 Å². The summed E-state index contributed by atoms with van der Waals surface area (Å²) >= 11 is 2.92. The molecular formula is C18H25N3O5S2. The van der Waals surface area contributed by atoms with Crippen molar-refractivity contribution in [3.05, 3.63) is 33.9 Å². The van der Waals surface area contributed by atoms with Crippen LogP contribution in [0.1, 0.15) is 26.3 Å². The van der Waals surface area contributed by atoms with E-state index < -0.39 is 11.0 Å². The Kier molecular flexibility index (Phi) is 7.59. The van der Waals surface area contributed by atoms with Crippen LogP contribution in [0.4, 0.5) is 5.69 Å². The number of nitro groups is 1. The Balaban J connectivity index is 1.92. The Morgan fingerprint density at radius 1 is 1.43 bits per heavy atom. The minimum Gasteiger partial charge on any atom is -0.490 e. The number of hydrogen-bond acceptors (Lipinski definition) is 7. The van der Waals surface area contributed by atoms with Gasteiger partial charge in [-0.1, -0.05) is 6.07 Å². The van der Waals surface area contributed by atoms with Crippen molar-refractivity contribution in [1.29, 1.82) is 0 Å². The van der Waals surface area contributed by atoms with Crippen molar-refractivity contribution in [2.75, 3.05) is 24.5 Å². The van der Waals surface area contributed by atoms with E-state index in [0.717, 1.165) is 5.56 Å². The van der Waals surface area contributed by atoms with Crippen LogP contribution in [0.25, 0.3) is 0 Å². The highest BCUT2D eigenvalue weighted by atomic mass is 32.2. The van der Waals surface area contributed by atoms with E-state index in [1.807, 2.05) is 20.8 Å². The van der Waals surface area contributed by atoms with E-state index in [1.165, 1.54) is 24.9 Å². The normalized spacial score (nSPS) is 16.7. The molecule has 1 aromatic rings. The molecule has 1 N–H and O–H groups in total. The zero-order valence-electron chi connectivity index (χ0n) is 16.4. The van der Waals surface area contributed by atoms with Crippen molar-refractivity contribution < 1.29 is 19.2 Å². The summed E-state index contributed by atoms with van der Waals surface area (Å²) in [5.41, 5.74) is 0.293. The molecule has 2 rings (SSSR count). The first-order valence-electron chi connectivity index (χ1n) is 8.70. The number of nitrogens with one attached hydrogen (secondary N) is 1. The molecule has 28 heavy (non-hydrogen) atoms. The maximum absolute atomic E-state index is 12.6. The standard InChI is InChI=1S/C18H25N3O5S2/c1-18(2,3)19-17(23)14-9-28-11-20(14)16(22)10-27-8-12-5-6-15(26-4)13(7-12)21(24)25/h5-7,14H,8-11H2,1-4H3,(H,19,23). The number of ether oxygens (including phenoxy) is 1. The van der Waals surface area contributed by atoms with Gasteiger partial charge >= 0.3 is 5.69 Å². The van der Waals surface area contributed by atoms with E-state index in [-0.39, 0.29) is 34.5 Å². The number of methoxy groups -OCH3 is 1. The quantitative estimate of drug-likeness (QED) is 0.527. The van der Waals surface area contributed by atoms with Crippen LogP contribution in [-0.2, 0) is 15.3 Å². The Labute approximate surface area is 172 Å². The molecule has 8 nitrogen and oxygen atoms in total. The van der Waals surface area contributed by atoms with E-state index in [4.69, 9.17) is 4.74 Å². The monoisotopic (exact) mass is 427 g/mol. The number of carbonyl (C=O) groups excluding carboxylic acids is 2. The number of nitro benzene ring substituents is 1. The second-order valence-electron chi connectivity index (χ2n) is 7.37. The largest absolute Gasteiger partial charge is 0.490 e. The highest BCUT2D eigenvalue weighted by Gasteiger charge is 2.35.